The van der Waals surface area contributed by atoms with E-state index in [2.05, 4.69) is 39.4 Å². The lowest BCUT2D eigenvalue weighted by Crippen LogP contribution is -2.05. The highest BCUT2D eigenvalue weighted by atomic mass is 79.9. The van der Waals surface area contributed by atoms with E-state index in [1.54, 1.807) is 13.2 Å². The number of nitrogens with one attached hydrogen (secondary N) is 1. The molecule has 2 rings (SSSR count). The summed E-state index contributed by atoms with van der Waals surface area (Å²) in [6.45, 7) is 0.830. The van der Waals surface area contributed by atoms with E-state index in [0.717, 1.165) is 28.9 Å². The van der Waals surface area contributed by atoms with Crippen LogP contribution >= 0.6 is 15.9 Å². The number of anilines is 1. The van der Waals surface area contributed by atoms with Crippen LogP contribution in [-0.4, -0.2) is 13.7 Å². The minimum atomic E-state index is 0.651. The molecule has 0 fully saturated rings. The van der Waals surface area contributed by atoms with Crippen LogP contribution in [0.5, 0.6) is 5.75 Å². The number of nitriles is 1. The molecule has 0 saturated heterocycles. The van der Waals surface area contributed by atoms with Gasteiger partial charge in [-0.2, -0.15) is 5.26 Å². The van der Waals surface area contributed by atoms with Gasteiger partial charge in [-0.1, -0.05) is 12.1 Å². The van der Waals surface area contributed by atoms with Crippen molar-refractivity contribution < 1.29 is 4.74 Å². The number of nitrogens with zero attached hydrogens (tertiary/aromatic N) is 1. The van der Waals surface area contributed by atoms with Crippen molar-refractivity contribution in [2.45, 2.75) is 6.42 Å². The summed E-state index contributed by atoms with van der Waals surface area (Å²) in [5, 5.41) is 12.2. The third-order valence-electron chi connectivity index (χ3n) is 2.99. The molecule has 0 spiro atoms. The van der Waals surface area contributed by atoms with Gasteiger partial charge in [-0.05, 0) is 58.2 Å². The van der Waals surface area contributed by atoms with Gasteiger partial charge in [0, 0.05) is 16.7 Å². The molecular formula is C16H15BrN2O. The zero-order valence-electron chi connectivity index (χ0n) is 11.2. The molecule has 3 nitrogen and oxygen atoms in total. The number of methoxy groups -OCH3 is 1. The van der Waals surface area contributed by atoms with Crippen LogP contribution in [0.3, 0.4) is 0 Å². The highest BCUT2D eigenvalue weighted by molar-refractivity contribution is 9.10. The van der Waals surface area contributed by atoms with Crippen LogP contribution in [0, 0.1) is 11.3 Å². The largest absolute Gasteiger partial charge is 0.497 e. The maximum Gasteiger partial charge on any atom is 0.118 e. The molecule has 4 heteroatoms. The molecular weight excluding hydrogens is 316 g/mol. The van der Waals surface area contributed by atoms with Crippen molar-refractivity contribution in [1.82, 2.24) is 0 Å². The minimum Gasteiger partial charge on any atom is -0.497 e. The molecule has 0 unspecified atom stereocenters. The predicted octanol–water partition coefficient (Wildman–Crippen LogP) is 3.98. The van der Waals surface area contributed by atoms with Crippen molar-refractivity contribution in [2.75, 3.05) is 19.0 Å². The van der Waals surface area contributed by atoms with E-state index < -0.39 is 0 Å². The van der Waals surface area contributed by atoms with E-state index in [-0.39, 0.29) is 0 Å². The summed E-state index contributed by atoms with van der Waals surface area (Å²) in [7, 11) is 1.67. The van der Waals surface area contributed by atoms with Gasteiger partial charge in [0.25, 0.3) is 0 Å². The van der Waals surface area contributed by atoms with Crippen LogP contribution in [0.15, 0.2) is 46.9 Å². The first-order chi connectivity index (χ1) is 9.72. The number of rotatable bonds is 5. The summed E-state index contributed by atoms with van der Waals surface area (Å²) in [6, 6.07) is 15.7. The van der Waals surface area contributed by atoms with Gasteiger partial charge in [0.05, 0.1) is 18.7 Å². The Morgan fingerprint density at radius 2 is 1.95 bits per heavy atom. The molecule has 2 aromatic carbocycles. The molecule has 2 aromatic rings. The molecule has 0 aliphatic carbocycles. The highest BCUT2D eigenvalue weighted by Crippen LogP contribution is 2.23. The Balaban J connectivity index is 1.91. The van der Waals surface area contributed by atoms with Crippen molar-refractivity contribution in [3.05, 3.63) is 58.1 Å². The lowest BCUT2D eigenvalue weighted by atomic mass is 10.1. The minimum absolute atomic E-state index is 0.651. The smallest absolute Gasteiger partial charge is 0.118 e. The van der Waals surface area contributed by atoms with Crippen LogP contribution in [0.25, 0.3) is 0 Å². The van der Waals surface area contributed by atoms with Crippen LogP contribution < -0.4 is 10.1 Å². The van der Waals surface area contributed by atoms with Gasteiger partial charge < -0.3 is 10.1 Å². The van der Waals surface area contributed by atoms with Gasteiger partial charge in [-0.3, -0.25) is 0 Å². The summed E-state index contributed by atoms with van der Waals surface area (Å²) in [6.07, 6.45) is 0.927. The molecule has 0 aromatic heterocycles. The van der Waals surface area contributed by atoms with Crippen molar-refractivity contribution in [1.29, 1.82) is 5.26 Å². The maximum atomic E-state index is 8.82. The average Bonchev–Trinajstić information content (AvgIpc) is 2.49. The first kappa shape index (κ1) is 14.4. The van der Waals surface area contributed by atoms with Crippen LogP contribution in [0.2, 0.25) is 0 Å². The van der Waals surface area contributed by atoms with Gasteiger partial charge in [-0.25, -0.2) is 0 Å². The number of halogens is 1. The standard InChI is InChI=1S/C16H15BrN2O/c1-20-14-5-2-12(3-6-14)8-9-19-16-7-4-13(11-18)10-15(16)17/h2-7,10,19H,8-9H2,1H3. The summed E-state index contributed by atoms with van der Waals surface area (Å²) in [4.78, 5) is 0. The summed E-state index contributed by atoms with van der Waals surface area (Å²) < 4.78 is 6.04. The molecule has 102 valence electrons. The quantitative estimate of drug-likeness (QED) is 0.901. The van der Waals surface area contributed by atoms with E-state index in [9.17, 15) is 0 Å². The topological polar surface area (TPSA) is 45.0 Å². The monoisotopic (exact) mass is 330 g/mol. The van der Waals surface area contributed by atoms with E-state index in [0.29, 0.717) is 5.56 Å². The van der Waals surface area contributed by atoms with Gasteiger partial charge in [0.15, 0.2) is 0 Å². The number of benzene rings is 2. The Morgan fingerprint density at radius 1 is 1.20 bits per heavy atom. The van der Waals surface area contributed by atoms with Crippen LogP contribution in [-0.2, 0) is 6.42 Å². The molecule has 0 bridgehead atoms. The van der Waals surface area contributed by atoms with Gasteiger partial charge in [0.1, 0.15) is 5.75 Å². The highest BCUT2D eigenvalue weighted by Gasteiger charge is 2.01. The van der Waals surface area contributed by atoms with Crippen molar-refractivity contribution in [3.63, 3.8) is 0 Å². The average molecular weight is 331 g/mol. The summed E-state index contributed by atoms with van der Waals surface area (Å²) >= 11 is 3.46. The Bertz CT molecular complexity index is 617. The maximum absolute atomic E-state index is 8.82. The first-order valence-electron chi connectivity index (χ1n) is 6.29. The first-order valence-corrected chi connectivity index (χ1v) is 7.08. The van der Waals surface area contributed by atoms with Crippen molar-refractivity contribution in [3.8, 4) is 11.8 Å². The molecule has 20 heavy (non-hydrogen) atoms. The second kappa shape index (κ2) is 6.97. The fraction of sp³-hybridized carbons (Fsp3) is 0.188. The fourth-order valence-electron chi connectivity index (χ4n) is 1.86. The third-order valence-corrected chi connectivity index (χ3v) is 3.64. The Kier molecular flexibility index (Phi) is 5.03. The van der Waals surface area contributed by atoms with Crippen molar-refractivity contribution >= 4 is 21.6 Å². The van der Waals surface area contributed by atoms with E-state index in [4.69, 9.17) is 10.00 Å². The van der Waals surface area contributed by atoms with E-state index >= 15 is 0 Å². The zero-order valence-corrected chi connectivity index (χ0v) is 12.8. The third kappa shape index (κ3) is 3.75. The van der Waals surface area contributed by atoms with Crippen molar-refractivity contribution in [2.24, 2.45) is 0 Å². The molecule has 0 aliphatic heterocycles. The van der Waals surface area contributed by atoms with Gasteiger partial charge in [-0.15, -0.1) is 0 Å². The number of ether oxygens (including phenoxy) is 1. The van der Waals surface area contributed by atoms with Gasteiger partial charge >= 0.3 is 0 Å². The van der Waals surface area contributed by atoms with Crippen LogP contribution in [0.4, 0.5) is 5.69 Å². The second-order valence-corrected chi connectivity index (χ2v) is 5.19. The number of hydrogen-bond donors (Lipinski definition) is 1. The molecule has 0 saturated carbocycles. The SMILES string of the molecule is COc1ccc(CCNc2ccc(C#N)cc2Br)cc1. The molecule has 0 amide bonds. The zero-order chi connectivity index (χ0) is 14.4. The Labute approximate surface area is 127 Å². The Morgan fingerprint density at radius 3 is 2.55 bits per heavy atom. The fourth-order valence-corrected chi connectivity index (χ4v) is 2.38. The summed E-state index contributed by atoms with van der Waals surface area (Å²) in [5.74, 6) is 0.872. The lowest BCUT2D eigenvalue weighted by molar-refractivity contribution is 0.414. The predicted molar refractivity (Wildman–Crippen MR) is 84.0 cm³/mol. The molecule has 1 N–H and O–H groups in total. The van der Waals surface area contributed by atoms with E-state index in [1.807, 2.05) is 24.3 Å². The van der Waals surface area contributed by atoms with Crippen LogP contribution in [0.1, 0.15) is 11.1 Å². The molecule has 0 heterocycles. The molecule has 0 atom stereocenters. The van der Waals surface area contributed by atoms with Gasteiger partial charge in [0.2, 0.25) is 0 Å². The summed E-state index contributed by atoms with van der Waals surface area (Å²) in [5.41, 5.74) is 2.90. The molecule has 0 aliphatic rings. The molecule has 0 radical (unpaired) electrons. The van der Waals surface area contributed by atoms with E-state index in [1.165, 1.54) is 5.56 Å². The normalized spacial score (nSPS) is 9.85. The lowest BCUT2D eigenvalue weighted by Gasteiger charge is -2.09. The number of hydrogen-bond acceptors (Lipinski definition) is 3. The second-order valence-electron chi connectivity index (χ2n) is 4.33. The Hall–Kier alpha value is -1.99.